The van der Waals surface area contributed by atoms with Gasteiger partial charge in [-0.2, -0.15) is 0 Å². The van der Waals surface area contributed by atoms with E-state index in [1.165, 1.54) is 11.8 Å². The van der Waals surface area contributed by atoms with Gasteiger partial charge in [0.05, 0.1) is 11.8 Å². The van der Waals surface area contributed by atoms with Crippen molar-refractivity contribution in [2.24, 2.45) is 5.73 Å². The molecule has 0 unspecified atom stereocenters. The number of primary amides is 1. The van der Waals surface area contributed by atoms with Crippen LogP contribution in [-0.4, -0.2) is 32.0 Å². The number of carbonyl (C=O) groups excluding carboxylic acids is 2. The van der Waals surface area contributed by atoms with Gasteiger partial charge in [0.1, 0.15) is 5.82 Å². The number of amides is 3. The molecule has 0 saturated heterocycles. The molecule has 7 nitrogen and oxygen atoms in total. The topological polar surface area (TPSA) is 103 Å². The van der Waals surface area contributed by atoms with Gasteiger partial charge in [-0.15, -0.1) is 10.2 Å². The molecule has 1 atom stereocenters. The molecule has 3 rings (SSSR count). The first-order chi connectivity index (χ1) is 11.5. The molecular formula is C16H19N5O2S. The lowest BCUT2D eigenvalue weighted by atomic mass is 10.2. The van der Waals surface area contributed by atoms with E-state index in [0.29, 0.717) is 17.6 Å². The van der Waals surface area contributed by atoms with Gasteiger partial charge in [-0.25, -0.2) is 4.79 Å². The Hall–Kier alpha value is -2.35. The van der Waals surface area contributed by atoms with Crippen LogP contribution >= 0.6 is 11.8 Å². The number of nitrogens with zero attached hydrogens (tertiary/aromatic N) is 3. The molecule has 0 radical (unpaired) electrons. The molecule has 8 heteroatoms. The Balaban J connectivity index is 1.80. The molecule has 1 aliphatic carbocycles. The Morgan fingerprint density at radius 1 is 1.33 bits per heavy atom. The molecule has 3 amide bonds. The van der Waals surface area contributed by atoms with Gasteiger partial charge in [0.25, 0.3) is 0 Å². The highest BCUT2D eigenvalue weighted by molar-refractivity contribution is 8.00. The number of nitrogens with two attached hydrogens (primary N) is 1. The molecular weight excluding hydrogens is 326 g/mol. The van der Waals surface area contributed by atoms with Crippen LogP contribution in [0.4, 0.5) is 4.79 Å². The van der Waals surface area contributed by atoms with Crippen molar-refractivity contribution in [1.82, 2.24) is 20.1 Å². The number of hydrogen-bond donors (Lipinski definition) is 2. The van der Waals surface area contributed by atoms with Crippen LogP contribution in [0.15, 0.2) is 35.5 Å². The summed E-state index contributed by atoms with van der Waals surface area (Å²) in [4.78, 5) is 22.7. The van der Waals surface area contributed by atoms with Crippen molar-refractivity contribution in [2.45, 2.75) is 42.6 Å². The zero-order chi connectivity index (χ0) is 17.1. The lowest BCUT2D eigenvalue weighted by molar-refractivity contribution is -0.119. The highest BCUT2D eigenvalue weighted by Gasteiger charge is 2.31. The number of thioether (sulfide) groups is 1. The number of rotatable bonds is 6. The number of carbonyl (C=O) groups is 2. The van der Waals surface area contributed by atoms with Crippen LogP contribution in [0.25, 0.3) is 0 Å². The van der Waals surface area contributed by atoms with E-state index in [-0.39, 0.29) is 0 Å². The summed E-state index contributed by atoms with van der Waals surface area (Å²) >= 11 is 1.28. The maximum Gasteiger partial charge on any atom is 0.318 e. The molecule has 0 spiro atoms. The van der Waals surface area contributed by atoms with Gasteiger partial charge in [0.15, 0.2) is 5.16 Å². The Kier molecular flexibility index (Phi) is 4.84. The minimum absolute atomic E-state index is 0.435. The SMILES string of the molecule is C[C@@H](Sc1nnc(C2CC2)n1Cc1ccccc1)C(=O)NC(N)=O. The first kappa shape index (κ1) is 16.5. The molecule has 1 aliphatic rings. The van der Waals surface area contributed by atoms with Crippen molar-refractivity contribution in [2.75, 3.05) is 0 Å². The second-order valence-corrected chi connectivity index (χ2v) is 7.11. The van der Waals surface area contributed by atoms with Gasteiger partial charge >= 0.3 is 6.03 Å². The van der Waals surface area contributed by atoms with Crippen LogP contribution in [-0.2, 0) is 11.3 Å². The van der Waals surface area contributed by atoms with Crippen molar-refractivity contribution < 1.29 is 9.59 Å². The Labute approximate surface area is 144 Å². The Morgan fingerprint density at radius 3 is 2.67 bits per heavy atom. The van der Waals surface area contributed by atoms with Gasteiger partial charge < -0.3 is 10.3 Å². The number of imide groups is 1. The molecule has 0 bridgehead atoms. The predicted octanol–water partition coefficient (Wildman–Crippen LogP) is 1.88. The molecule has 1 heterocycles. The maximum atomic E-state index is 11.9. The molecule has 1 fully saturated rings. The lowest BCUT2D eigenvalue weighted by Crippen LogP contribution is -2.39. The van der Waals surface area contributed by atoms with E-state index in [1.807, 2.05) is 30.3 Å². The predicted molar refractivity (Wildman–Crippen MR) is 90.6 cm³/mol. The fraction of sp³-hybridized carbons (Fsp3) is 0.375. The molecule has 2 aromatic rings. The first-order valence-corrected chi connectivity index (χ1v) is 8.66. The molecule has 3 N–H and O–H groups in total. The fourth-order valence-corrected chi connectivity index (χ4v) is 3.24. The summed E-state index contributed by atoms with van der Waals surface area (Å²) in [6, 6.07) is 9.21. The maximum absolute atomic E-state index is 11.9. The largest absolute Gasteiger partial charge is 0.351 e. The third-order valence-electron chi connectivity index (χ3n) is 3.77. The van der Waals surface area contributed by atoms with Crippen molar-refractivity contribution in [1.29, 1.82) is 0 Å². The first-order valence-electron chi connectivity index (χ1n) is 7.78. The molecule has 1 aromatic carbocycles. The summed E-state index contributed by atoms with van der Waals surface area (Å²) < 4.78 is 2.06. The molecule has 24 heavy (non-hydrogen) atoms. The van der Waals surface area contributed by atoms with Crippen molar-refractivity contribution in [3.05, 3.63) is 41.7 Å². The normalized spacial score (nSPS) is 15.0. The van der Waals surface area contributed by atoms with Gasteiger partial charge in [0, 0.05) is 5.92 Å². The number of nitrogens with one attached hydrogen (secondary N) is 1. The molecule has 1 saturated carbocycles. The van der Waals surface area contributed by atoms with E-state index in [1.54, 1.807) is 6.92 Å². The standard InChI is InChI=1S/C16H19N5O2S/c1-10(14(22)18-15(17)23)24-16-20-19-13(12-7-8-12)21(16)9-11-5-3-2-4-6-11/h2-6,10,12H,7-9H2,1H3,(H3,17,18,22,23)/t10-/m1/s1. The van der Waals surface area contributed by atoms with Crippen molar-refractivity contribution in [3.8, 4) is 0 Å². The zero-order valence-electron chi connectivity index (χ0n) is 13.3. The number of benzene rings is 1. The van der Waals surface area contributed by atoms with Crippen molar-refractivity contribution >= 4 is 23.7 Å². The van der Waals surface area contributed by atoms with Gasteiger partial charge in [-0.05, 0) is 25.3 Å². The van der Waals surface area contributed by atoms with Crippen LogP contribution in [0.3, 0.4) is 0 Å². The summed E-state index contributed by atoms with van der Waals surface area (Å²) in [5.41, 5.74) is 6.14. The minimum atomic E-state index is -0.850. The molecule has 126 valence electrons. The summed E-state index contributed by atoms with van der Waals surface area (Å²) in [5.74, 6) is 0.976. The minimum Gasteiger partial charge on any atom is -0.351 e. The second kappa shape index (κ2) is 7.04. The van der Waals surface area contributed by atoms with E-state index in [0.717, 1.165) is 24.2 Å². The summed E-state index contributed by atoms with van der Waals surface area (Å²) in [5, 5.41) is 10.8. The van der Waals surface area contributed by atoms with Crippen LogP contribution in [0, 0.1) is 0 Å². The number of urea groups is 1. The van der Waals surface area contributed by atoms with Gasteiger partial charge in [0.2, 0.25) is 5.91 Å². The van der Waals surface area contributed by atoms with E-state index in [2.05, 4.69) is 20.1 Å². The van der Waals surface area contributed by atoms with Gasteiger partial charge in [-0.1, -0.05) is 42.1 Å². The zero-order valence-corrected chi connectivity index (χ0v) is 14.1. The highest BCUT2D eigenvalue weighted by atomic mass is 32.2. The van der Waals surface area contributed by atoms with Crippen LogP contribution in [0.1, 0.15) is 37.1 Å². The monoisotopic (exact) mass is 345 g/mol. The number of aromatic nitrogens is 3. The third-order valence-corrected chi connectivity index (χ3v) is 4.85. The Bertz CT molecular complexity index is 742. The lowest BCUT2D eigenvalue weighted by Gasteiger charge is -2.13. The van der Waals surface area contributed by atoms with E-state index < -0.39 is 17.2 Å². The van der Waals surface area contributed by atoms with Crippen LogP contribution in [0.2, 0.25) is 0 Å². The van der Waals surface area contributed by atoms with Gasteiger partial charge in [-0.3, -0.25) is 10.1 Å². The smallest absolute Gasteiger partial charge is 0.318 e. The fourth-order valence-electron chi connectivity index (χ4n) is 2.38. The molecule has 1 aromatic heterocycles. The van der Waals surface area contributed by atoms with Crippen molar-refractivity contribution in [3.63, 3.8) is 0 Å². The second-order valence-electron chi connectivity index (χ2n) is 5.80. The summed E-state index contributed by atoms with van der Waals surface area (Å²) in [6.45, 7) is 2.37. The van der Waals surface area contributed by atoms with E-state index in [9.17, 15) is 9.59 Å². The average molecular weight is 345 g/mol. The van der Waals surface area contributed by atoms with E-state index in [4.69, 9.17) is 5.73 Å². The quantitative estimate of drug-likeness (QED) is 0.778. The Morgan fingerprint density at radius 2 is 2.04 bits per heavy atom. The average Bonchev–Trinajstić information content (AvgIpc) is 3.32. The summed E-state index contributed by atoms with van der Waals surface area (Å²) in [6.07, 6.45) is 2.24. The van der Waals surface area contributed by atoms with Crippen LogP contribution in [0.5, 0.6) is 0 Å². The van der Waals surface area contributed by atoms with Crippen LogP contribution < -0.4 is 11.1 Å². The summed E-state index contributed by atoms with van der Waals surface area (Å²) in [7, 11) is 0. The number of hydrogen-bond acceptors (Lipinski definition) is 5. The molecule has 0 aliphatic heterocycles. The van der Waals surface area contributed by atoms with E-state index >= 15 is 0 Å². The third kappa shape index (κ3) is 3.94. The highest BCUT2D eigenvalue weighted by Crippen LogP contribution is 2.40.